The molecule has 0 unspecified atom stereocenters. The molecule has 28 heavy (non-hydrogen) atoms. The average Bonchev–Trinajstić information content (AvgIpc) is 2.67. The zero-order valence-electron chi connectivity index (χ0n) is 16.1. The van der Waals surface area contributed by atoms with E-state index in [1.165, 1.54) is 0 Å². The summed E-state index contributed by atoms with van der Waals surface area (Å²) >= 11 is 0. The Morgan fingerprint density at radius 2 is 1.75 bits per heavy atom. The van der Waals surface area contributed by atoms with E-state index in [1.54, 1.807) is 25.1 Å². The standard InChI is InChI=1S/C21H25N3O4/c1-3-28-21(27)22-12-11-19(25)23-14-16-5-4-6-18(13-16)24-20(26)17-9-7-15(2)8-10-17/h4-10,13H,3,11-12,14H2,1-2H3,(H,22,27)(H,23,25)(H,24,26). The molecule has 0 bridgehead atoms. The van der Waals surface area contributed by atoms with Crippen LogP contribution in [0.4, 0.5) is 10.5 Å². The first-order valence-corrected chi connectivity index (χ1v) is 9.12. The van der Waals surface area contributed by atoms with Crippen LogP contribution in [0.1, 0.15) is 34.8 Å². The van der Waals surface area contributed by atoms with Gasteiger partial charge in [-0.2, -0.15) is 0 Å². The smallest absolute Gasteiger partial charge is 0.407 e. The highest BCUT2D eigenvalue weighted by Crippen LogP contribution is 2.13. The Balaban J connectivity index is 1.80. The maximum atomic E-state index is 12.3. The molecule has 0 atom stereocenters. The molecule has 0 spiro atoms. The molecule has 0 radical (unpaired) electrons. The summed E-state index contributed by atoms with van der Waals surface area (Å²) in [7, 11) is 0. The fraction of sp³-hybridized carbons (Fsp3) is 0.286. The van der Waals surface area contributed by atoms with Gasteiger partial charge >= 0.3 is 6.09 Å². The van der Waals surface area contributed by atoms with Crippen molar-refractivity contribution in [3.8, 4) is 0 Å². The maximum absolute atomic E-state index is 12.3. The third-order valence-corrected chi connectivity index (χ3v) is 3.89. The number of carbonyl (C=O) groups is 3. The van der Waals surface area contributed by atoms with Crippen LogP contribution in [-0.2, 0) is 16.1 Å². The number of amides is 3. The molecule has 0 fully saturated rings. The van der Waals surface area contributed by atoms with Crippen LogP contribution in [0.5, 0.6) is 0 Å². The number of rotatable bonds is 8. The predicted octanol–water partition coefficient (Wildman–Crippen LogP) is 3.00. The van der Waals surface area contributed by atoms with Crippen molar-refractivity contribution in [1.29, 1.82) is 0 Å². The van der Waals surface area contributed by atoms with Gasteiger partial charge in [-0.1, -0.05) is 29.8 Å². The normalized spacial score (nSPS) is 10.1. The maximum Gasteiger partial charge on any atom is 0.407 e. The molecular formula is C21H25N3O4. The van der Waals surface area contributed by atoms with Gasteiger partial charge in [-0.3, -0.25) is 9.59 Å². The number of aryl methyl sites for hydroxylation is 1. The lowest BCUT2D eigenvalue weighted by Gasteiger charge is -2.09. The van der Waals surface area contributed by atoms with Gasteiger partial charge < -0.3 is 20.7 Å². The Hall–Kier alpha value is -3.35. The van der Waals surface area contributed by atoms with Crippen LogP contribution in [0, 0.1) is 6.92 Å². The van der Waals surface area contributed by atoms with Crippen LogP contribution in [0.25, 0.3) is 0 Å². The third kappa shape index (κ3) is 7.11. The molecule has 3 N–H and O–H groups in total. The lowest BCUT2D eigenvalue weighted by Crippen LogP contribution is -2.30. The van der Waals surface area contributed by atoms with Gasteiger partial charge in [-0.05, 0) is 43.7 Å². The average molecular weight is 383 g/mol. The van der Waals surface area contributed by atoms with Gasteiger partial charge in [0.25, 0.3) is 5.91 Å². The Bertz CT molecular complexity index is 819. The van der Waals surface area contributed by atoms with Gasteiger partial charge in [-0.25, -0.2) is 4.79 Å². The lowest BCUT2D eigenvalue weighted by molar-refractivity contribution is -0.121. The minimum Gasteiger partial charge on any atom is -0.450 e. The minimum atomic E-state index is -0.535. The molecule has 2 rings (SSSR count). The molecule has 2 aromatic carbocycles. The van der Waals surface area contributed by atoms with Crippen molar-refractivity contribution >= 4 is 23.6 Å². The van der Waals surface area contributed by atoms with E-state index in [1.807, 2.05) is 37.3 Å². The number of benzene rings is 2. The van der Waals surface area contributed by atoms with Crippen LogP contribution >= 0.6 is 0 Å². The molecule has 3 amide bonds. The number of anilines is 1. The summed E-state index contributed by atoms with van der Waals surface area (Å²) in [6, 6.07) is 14.6. The fourth-order valence-corrected chi connectivity index (χ4v) is 2.42. The first kappa shape index (κ1) is 21.0. The second kappa shape index (κ2) is 10.7. The summed E-state index contributed by atoms with van der Waals surface area (Å²) < 4.78 is 4.72. The molecule has 7 heteroatoms. The largest absolute Gasteiger partial charge is 0.450 e. The Morgan fingerprint density at radius 1 is 1.00 bits per heavy atom. The van der Waals surface area contributed by atoms with E-state index >= 15 is 0 Å². The molecule has 0 heterocycles. The second-order valence-electron chi connectivity index (χ2n) is 6.19. The number of ether oxygens (including phenoxy) is 1. The van der Waals surface area contributed by atoms with Crippen molar-refractivity contribution in [3.63, 3.8) is 0 Å². The van der Waals surface area contributed by atoms with Gasteiger partial charge in [0, 0.05) is 30.8 Å². The summed E-state index contributed by atoms with van der Waals surface area (Å²) in [5.41, 5.74) is 3.18. The Labute approximate surface area is 164 Å². The number of carbonyl (C=O) groups excluding carboxylic acids is 3. The highest BCUT2D eigenvalue weighted by atomic mass is 16.5. The molecule has 0 aliphatic heterocycles. The van der Waals surface area contributed by atoms with E-state index in [4.69, 9.17) is 4.74 Å². The zero-order chi connectivity index (χ0) is 20.4. The van der Waals surface area contributed by atoms with Gasteiger partial charge in [0.05, 0.1) is 6.61 Å². The Morgan fingerprint density at radius 3 is 2.46 bits per heavy atom. The van der Waals surface area contributed by atoms with Gasteiger partial charge in [0.2, 0.25) is 5.91 Å². The summed E-state index contributed by atoms with van der Waals surface area (Å²) in [4.78, 5) is 35.3. The topological polar surface area (TPSA) is 96.5 Å². The van der Waals surface area contributed by atoms with Gasteiger partial charge in [0.15, 0.2) is 0 Å². The first-order valence-electron chi connectivity index (χ1n) is 9.12. The summed E-state index contributed by atoms with van der Waals surface area (Å²) in [5, 5.41) is 8.12. The molecule has 0 saturated heterocycles. The minimum absolute atomic E-state index is 0.155. The predicted molar refractivity (Wildman–Crippen MR) is 107 cm³/mol. The van der Waals surface area contributed by atoms with E-state index < -0.39 is 6.09 Å². The van der Waals surface area contributed by atoms with Crippen LogP contribution in [0.3, 0.4) is 0 Å². The first-order chi connectivity index (χ1) is 13.5. The van der Waals surface area contributed by atoms with E-state index in [0.717, 1.165) is 11.1 Å². The van der Waals surface area contributed by atoms with E-state index in [-0.39, 0.29) is 31.4 Å². The van der Waals surface area contributed by atoms with Crippen LogP contribution in [0.15, 0.2) is 48.5 Å². The third-order valence-electron chi connectivity index (χ3n) is 3.89. The second-order valence-corrected chi connectivity index (χ2v) is 6.19. The molecule has 0 aromatic heterocycles. The molecule has 0 aliphatic carbocycles. The van der Waals surface area contributed by atoms with Crippen molar-refractivity contribution in [2.45, 2.75) is 26.8 Å². The quantitative estimate of drug-likeness (QED) is 0.653. The molecular weight excluding hydrogens is 358 g/mol. The Kier molecular flexibility index (Phi) is 8.02. The summed E-state index contributed by atoms with van der Waals surface area (Å²) in [6.07, 6.45) is -0.379. The van der Waals surface area contributed by atoms with Crippen molar-refractivity contribution in [2.75, 3.05) is 18.5 Å². The van der Waals surface area contributed by atoms with E-state index in [0.29, 0.717) is 17.8 Å². The monoisotopic (exact) mass is 383 g/mol. The highest BCUT2D eigenvalue weighted by molar-refractivity contribution is 6.04. The van der Waals surface area contributed by atoms with Crippen molar-refractivity contribution in [3.05, 3.63) is 65.2 Å². The van der Waals surface area contributed by atoms with E-state index in [9.17, 15) is 14.4 Å². The summed E-state index contributed by atoms with van der Waals surface area (Å²) in [5.74, 6) is -0.378. The lowest BCUT2D eigenvalue weighted by atomic mass is 10.1. The van der Waals surface area contributed by atoms with Crippen LogP contribution in [0.2, 0.25) is 0 Å². The molecule has 0 saturated carbocycles. The van der Waals surface area contributed by atoms with Gasteiger partial charge in [-0.15, -0.1) is 0 Å². The zero-order valence-corrected chi connectivity index (χ0v) is 16.1. The molecule has 0 aliphatic rings. The number of alkyl carbamates (subject to hydrolysis) is 1. The van der Waals surface area contributed by atoms with Crippen molar-refractivity contribution < 1.29 is 19.1 Å². The number of hydrogen-bond donors (Lipinski definition) is 3. The van der Waals surface area contributed by atoms with Crippen LogP contribution in [-0.4, -0.2) is 31.1 Å². The van der Waals surface area contributed by atoms with E-state index in [2.05, 4.69) is 16.0 Å². The van der Waals surface area contributed by atoms with Crippen LogP contribution < -0.4 is 16.0 Å². The number of hydrogen-bond acceptors (Lipinski definition) is 4. The molecule has 2 aromatic rings. The van der Waals surface area contributed by atoms with Crippen molar-refractivity contribution in [2.24, 2.45) is 0 Å². The molecule has 7 nitrogen and oxygen atoms in total. The SMILES string of the molecule is CCOC(=O)NCCC(=O)NCc1cccc(NC(=O)c2ccc(C)cc2)c1. The van der Waals surface area contributed by atoms with Crippen molar-refractivity contribution in [1.82, 2.24) is 10.6 Å². The van der Waals surface area contributed by atoms with Gasteiger partial charge in [0.1, 0.15) is 0 Å². The number of nitrogens with one attached hydrogen (secondary N) is 3. The summed E-state index contributed by atoms with van der Waals surface area (Å²) in [6.45, 7) is 4.49. The highest BCUT2D eigenvalue weighted by Gasteiger charge is 2.07. The molecule has 148 valence electrons. The fourth-order valence-electron chi connectivity index (χ4n) is 2.42.